The number of thiocarbonyl (C=S) groups is 1. The van der Waals surface area contributed by atoms with Gasteiger partial charge in [-0.2, -0.15) is 0 Å². The Morgan fingerprint density at radius 3 is 2.73 bits per heavy atom. The molecule has 4 rings (SSSR count). The summed E-state index contributed by atoms with van der Waals surface area (Å²) in [5.74, 6) is 2.17. The van der Waals surface area contributed by atoms with E-state index in [0.717, 1.165) is 48.1 Å². The van der Waals surface area contributed by atoms with Crippen LogP contribution in [0.15, 0.2) is 47.3 Å². The van der Waals surface area contributed by atoms with Crippen molar-refractivity contribution in [2.24, 2.45) is 0 Å². The maximum absolute atomic E-state index is 12.9. The van der Waals surface area contributed by atoms with Crippen LogP contribution in [-0.4, -0.2) is 61.6 Å². The van der Waals surface area contributed by atoms with Gasteiger partial charge in [-0.15, -0.1) is 0 Å². The van der Waals surface area contributed by atoms with Gasteiger partial charge in [-0.25, -0.2) is 0 Å². The van der Waals surface area contributed by atoms with Crippen molar-refractivity contribution >= 4 is 28.2 Å². The van der Waals surface area contributed by atoms with Crippen LogP contribution >= 0.6 is 12.2 Å². The highest BCUT2D eigenvalue weighted by molar-refractivity contribution is 7.80. The summed E-state index contributed by atoms with van der Waals surface area (Å²) in [4.78, 5) is 17.9. The summed E-state index contributed by atoms with van der Waals surface area (Å²) < 4.78 is 22.3. The van der Waals surface area contributed by atoms with Crippen molar-refractivity contribution in [1.82, 2.24) is 15.2 Å². The first kappa shape index (κ1) is 26.8. The Bertz CT molecular complexity index is 1270. The lowest BCUT2D eigenvalue weighted by atomic mass is 10.1. The topological polar surface area (TPSA) is 85.1 Å². The maximum Gasteiger partial charge on any atom is 0.253 e. The predicted molar refractivity (Wildman–Crippen MR) is 149 cm³/mol. The van der Waals surface area contributed by atoms with E-state index in [-0.39, 0.29) is 11.7 Å². The molecule has 2 aromatic carbocycles. The van der Waals surface area contributed by atoms with Gasteiger partial charge in [-0.05, 0) is 80.4 Å². The highest BCUT2D eigenvalue weighted by Gasteiger charge is 2.22. The first-order valence-electron chi connectivity index (χ1n) is 12.6. The minimum atomic E-state index is -0.123. The molecular weight excluding hydrogens is 490 g/mol. The Hall–Kier alpha value is -3.30. The van der Waals surface area contributed by atoms with Crippen LogP contribution < -0.4 is 25.1 Å². The zero-order valence-corrected chi connectivity index (χ0v) is 22.5. The van der Waals surface area contributed by atoms with Gasteiger partial charge in [0.25, 0.3) is 5.56 Å². The van der Waals surface area contributed by atoms with E-state index in [0.29, 0.717) is 48.4 Å². The molecule has 37 heavy (non-hydrogen) atoms. The predicted octanol–water partition coefficient (Wildman–Crippen LogP) is 4.04. The normalized spacial score (nSPS) is 14.9. The van der Waals surface area contributed by atoms with Crippen molar-refractivity contribution in [2.75, 3.05) is 40.5 Å². The number of methoxy groups -OCH3 is 2. The van der Waals surface area contributed by atoms with Crippen molar-refractivity contribution in [3.8, 4) is 17.2 Å². The van der Waals surface area contributed by atoms with Crippen molar-refractivity contribution in [3.05, 3.63) is 63.9 Å². The fraction of sp³-hybridized carbons (Fsp3) is 0.429. The SMILES string of the molecule is CCOc1ccc2[nH]c(=O)c(CN(CC3CCCO3)C(=S)NCCc3ccc(OC)c(OC)c3)cc2c1. The average Bonchev–Trinajstić information content (AvgIpc) is 3.42. The third-order valence-electron chi connectivity index (χ3n) is 6.44. The standard InChI is InChI=1S/C28H35N3O5S/c1-4-35-22-8-9-24-20(16-22)15-21(27(32)30-24)17-31(18-23-6-5-13-36-23)28(37)29-12-11-19-7-10-25(33-2)26(14-19)34-3/h7-10,14-16,23H,4-6,11-13,17-18H2,1-3H3,(H,29,37)(H,30,32). The molecule has 3 aromatic rings. The van der Waals surface area contributed by atoms with Crippen molar-refractivity contribution in [2.45, 2.75) is 38.8 Å². The molecule has 1 unspecified atom stereocenters. The summed E-state index contributed by atoms with van der Waals surface area (Å²) in [6, 6.07) is 13.5. The van der Waals surface area contributed by atoms with E-state index in [9.17, 15) is 4.79 Å². The molecule has 2 N–H and O–H groups in total. The molecule has 2 heterocycles. The first-order chi connectivity index (χ1) is 18.0. The van der Waals surface area contributed by atoms with Gasteiger partial charge in [-0.1, -0.05) is 6.07 Å². The van der Waals surface area contributed by atoms with E-state index in [4.69, 9.17) is 31.2 Å². The highest BCUT2D eigenvalue weighted by atomic mass is 32.1. The molecule has 1 fully saturated rings. The number of aromatic amines is 1. The molecule has 1 atom stereocenters. The molecule has 1 aliphatic heterocycles. The van der Waals surface area contributed by atoms with Crippen LogP contribution in [0, 0.1) is 0 Å². The van der Waals surface area contributed by atoms with E-state index in [1.165, 1.54) is 0 Å². The summed E-state index contributed by atoms with van der Waals surface area (Å²) in [6.45, 7) is 4.94. The lowest BCUT2D eigenvalue weighted by Gasteiger charge is -2.28. The third-order valence-corrected chi connectivity index (χ3v) is 6.84. The Morgan fingerprint density at radius 1 is 1.16 bits per heavy atom. The number of hydrogen-bond donors (Lipinski definition) is 2. The molecule has 0 radical (unpaired) electrons. The van der Waals surface area contributed by atoms with E-state index in [1.54, 1.807) is 14.2 Å². The Balaban J connectivity index is 1.47. The van der Waals surface area contributed by atoms with Gasteiger partial charge in [0.2, 0.25) is 0 Å². The lowest BCUT2D eigenvalue weighted by Crippen LogP contribution is -2.44. The number of nitrogens with zero attached hydrogens (tertiary/aromatic N) is 1. The van der Waals surface area contributed by atoms with Crippen molar-refractivity contribution < 1.29 is 18.9 Å². The number of pyridine rings is 1. The van der Waals surface area contributed by atoms with E-state index in [2.05, 4.69) is 10.3 Å². The second kappa shape index (κ2) is 12.8. The number of hydrogen-bond acceptors (Lipinski definition) is 6. The lowest BCUT2D eigenvalue weighted by molar-refractivity contribution is 0.0897. The van der Waals surface area contributed by atoms with E-state index in [1.807, 2.05) is 54.3 Å². The number of fused-ring (bicyclic) bond motifs is 1. The smallest absolute Gasteiger partial charge is 0.253 e. The number of benzene rings is 2. The van der Waals surface area contributed by atoms with Gasteiger partial charge >= 0.3 is 0 Å². The quantitative estimate of drug-likeness (QED) is 0.363. The zero-order chi connectivity index (χ0) is 26.2. The summed E-state index contributed by atoms with van der Waals surface area (Å²) in [5.41, 5.74) is 2.40. The van der Waals surface area contributed by atoms with E-state index < -0.39 is 0 Å². The van der Waals surface area contributed by atoms with Gasteiger partial charge in [-0.3, -0.25) is 4.79 Å². The molecule has 9 heteroatoms. The van der Waals surface area contributed by atoms with Crippen LogP contribution in [-0.2, 0) is 17.7 Å². The number of ether oxygens (including phenoxy) is 4. The molecule has 1 aromatic heterocycles. The minimum absolute atomic E-state index is 0.0923. The van der Waals surface area contributed by atoms with Gasteiger partial charge in [0.1, 0.15) is 5.75 Å². The van der Waals surface area contributed by atoms with Crippen LogP contribution in [0.5, 0.6) is 17.2 Å². The third kappa shape index (κ3) is 6.93. The summed E-state index contributed by atoms with van der Waals surface area (Å²) in [7, 11) is 3.25. The number of nitrogens with one attached hydrogen (secondary N) is 2. The zero-order valence-electron chi connectivity index (χ0n) is 21.7. The maximum atomic E-state index is 12.9. The Labute approximate surface area is 222 Å². The average molecular weight is 526 g/mol. The summed E-state index contributed by atoms with van der Waals surface area (Å²) in [5, 5.41) is 4.89. The fourth-order valence-corrected chi connectivity index (χ4v) is 4.77. The molecule has 0 amide bonds. The monoisotopic (exact) mass is 525 g/mol. The van der Waals surface area contributed by atoms with Gasteiger partial charge < -0.3 is 34.1 Å². The number of rotatable bonds is 11. The van der Waals surface area contributed by atoms with Crippen LogP contribution in [0.1, 0.15) is 30.9 Å². The Kier molecular flexibility index (Phi) is 9.24. The van der Waals surface area contributed by atoms with E-state index >= 15 is 0 Å². The molecule has 0 spiro atoms. The fourth-order valence-electron chi connectivity index (χ4n) is 4.52. The second-order valence-electron chi connectivity index (χ2n) is 8.99. The van der Waals surface area contributed by atoms with Crippen molar-refractivity contribution in [3.63, 3.8) is 0 Å². The largest absolute Gasteiger partial charge is 0.494 e. The molecule has 0 bridgehead atoms. The van der Waals surface area contributed by atoms with Gasteiger partial charge in [0.15, 0.2) is 16.6 Å². The van der Waals surface area contributed by atoms with Gasteiger partial charge in [0.05, 0.1) is 33.5 Å². The molecular formula is C28H35N3O5S. The highest BCUT2D eigenvalue weighted by Crippen LogP contribution is 2.27. The molecule has 1 aliphatic rings. The summed E-state index contributed by atoms with van der Waals surface area (Å²) in [6.07, 6.45) is 2.87. The van der Waals surface area contributed by atoms with Gasteiger partial charge in [0, 0.05) is 36.2 Å². The van der Waals surface area contributed by atoms with Crippen LogP contribution in [0.3, 0.4) is 0 Å². The molecule has 0 aliphatic carbocycles. The molecule has 1 saturated heterocycles. The van der Waals surface area contributed by atoms with Crippen LogP contribution in [0.4, 0.5) is 0 Å². The van der Waals surface area contributed by atoms with Crippen LogP contribution in [0.2, 0.25) is 0 Å². The molecule has 8 nitrogen and oxygen atoms in total. The minimum Gasteiger partial charge on any atom is -0.494 e. The molecule has 0 saturated carbocycles. The first-order valence-corrected chi connectivity index (χ1v) is 13.1. The second-order valence-corrected chi connectivity index (χ2v) is 9.38. The number of aromatic nitrogens is 1. The van der Waals surface area contributed by atoms with Crippen molar-refractivity contribution in [1.29, 1.82) is 0 Å². The molecule has 198 valence electrons. The summed E-state index contributed by atoms with van der Waals surface area (Å²) >= 11 is 5.79. The number of H-pyrrole nitrogens is 1. The van der Waals surface area contributed by atoms with Crippen LogP contribution in [0.25, 0.3) is 10.9 Å². The Morgan fingerprint density at radius 2 is 2.00 bits per heavy atom.